The Balaban J connectivity index is 1.47. The Bertz CT molecular complexity index is 519. The van der Waals surface area contributed by atoms with Crippen LogP contribution in [-0.2, 0) is 16.0 Å². The van der Waals surface area contributed by atoms with Gasteiger partial charge in [0.15, 0.2) is 0 Å². The van der Waals surface area contributed by atoms with Crippen LogP contribution < -0.4 is 5.32 Å². The number of amides is 1. The lowest BCUT2D eigenvalue weighted by atomic mass is 9.92. The molecule has 1 amide bonds. The van der Waals surface area contributed by atoms with Crippen LogP contribution in [0.3, 0.4) is 0 Å². The molecule has 4 nitrogen and oxygen atoms in total. The molecule has 1 aromatic rings. The van der Waals surface area contributed by atoms with Crippen LogP contribution in [0, 0.1) is 5.92 Å². The third-order valence-corrected chi connectivity index (χ3v) is 4.73. The van der Waals surface area contributed by atoms with Crippen molar-refractivity contribution in [2.24, 2.45) is 5.92 Å². The summed E-state index contributed by atoms with van der Waals surface area (Å²) >= 11 is 0. The Morgan fingerprint density at radius 2 is 1.95 bits per heavy atom. The van der Waals surface area contributed by atoms with Gasteiger partial charge in [-0.2, -0.15) is 0 Å². The number of likely N-dealkylation sites (tertiary alicyclic amines) is 1. The average Bonchev–Trinajstić information content (AvgIpc) is 2.84. The summed E-state index contributed by atoms with van der Waals surface area (Å²) < 4.78 is 5.81. The number of hydrogen-bond acceptors (Lipinski definition) is 3. The molecule has 106 valence electrons. The quantitative estimate of drug-likeness (QED) is 0.845. The minimum Gasteiger partial charge on any atom is -0.384 e. The number of carbonyl (C=O) groups is 1. The van der Waals surface area contributed by atoms with Gasteiger partial charge in [-0.3, -0.25) is 4.79 Å². The van der Waals surface area contributed by atoms with Crippen LogP contribution in [-0.4, -0.2) is 42.6 Å². The molecule has 2 saturated heterocycles. The number of anilines is 1. The number of ether oxygens (including phenoxy) is 1. The molecule has 1 N–H and O–H groups in total. The molecule has 0 radical (unpaired) electrons. The highest BCUT2D eigenvalue weighted by Gasteiger charge is 2.38. The Morgan fingerprint density at radius 1 is 1.20 bits per heavy atom. The van der Waals surface area contributed by atoms with Gasteiger partial charge in [0.25, 0.3) is 0 Å². The number of fused-ring (bicyclic) bond motifs is 3. The molecule has 20 heavy (non-hydrogen) atoms. The highest BCUT2D eigenvalue weighted by atomic mass is 16.5. The number of hydrogen-bond donors (Lipinski definition) is 1. The molecular weight excluding hydrogens is 252 g/mol. The smallest absolute Gasteiger partial charge is 0.227 e. The molecule has 3 atom stereocenters. The van der Waals surface area contributed by atoms with Crippen LogP contribution in [0.25, 0.3) is 0 Å². The van der Waals surface area contributed by atoms with E-state index in [1.807, 2.05) is 17.0 Å². The third-order valence-electron chi connectivity index (χ3n) is 4.73. The van der Waals surface area contributed by atoms with Gasteiger partial charge in [-0.05, 0) is 30.9 Å². The summed E-state index contributed by atoms with van der Waals surface area (Å²) in [6, 6.07) is 8.28. The Labute approximate surface area is 119 Å². The first-order chi connectivity index (χ1) is 9.79. The summed E-state index contributed by atoms with van der Waals surface area (Å²) in [7, 11) is 0. The Morgan fingerprint density at radius 3 is 2.75 bits per heavy atom. The van der Waals surface area contributed by atoms with Crippen molar-refractivity contribution < 1.29 is 9.53 Å². The minimum atomic E-state index is 0.0717. The normalized spacial score (nSPS) is 31.6. The van der Waals surface area contributed by atoms with Crippen molar-refractivity contribution in [1.82, 2.24) is 4.90 Å². The van der Waals surface area contributed by atoms with Crippen molar-refractivity contribution in [2.75, 3.05) is 25.0 Å². The molecule has 3 aliphatic heterocycles. The van der Waals surface area contributed by atoms with Gasteiger partial charge in [-0.1, -0.05) is 18.2 Å². The van der Waals surface area contributed by atoms with Crippen LogP contribution in [0.1, 0.15) is 18.4 Å². The van der Waals surface area contributed by atoms with E-state index < -0.39 is 0 Å². The summed E-state index contributed by atoms with van der Waals surface area (Å²) in [6.07, 6.45) is 3.64. The Hall–Kier alpha value is -1.55. The summed E-state index contributed by atoms with van der Waals surface area (Å²) in [4.78, 5) is 14.7. The third kappa shape index (κ3) is 2.08. The van der Waals surface area contributed by atoms with Gasteiger partial charge in [0, 0.05) is 25.3 Å². The van der Waals surface area contributed by atoms with Crippen LogP contribution in [0.15, 0.2) is 24.3 Å². The van der Waals surface area contributed by atoms with Crippen molar-refractivity contribution in [2.45, 2.75) is 31.5 Å². The van der Waals surface area contributed by atoms with Crippen molar-refractivity contribution in [3.05, 3.63) is 29.8 Å². The fraction of sp³-hybridized carbons (Fsp3) is 0.562. The molecule has 3 unspecified atom stereocenters. The predicted octanol–water partition coefficient (Wildman–Crippen LogP) is 1.66. The molecule has 3 heterocycles. The number of benzene rings is 1. The predicted molar refractivity (Wildman–Crippen MR) is 76.6 cm³/mol. The van der Waals surface area contributed by atoms with Crippen molar-refractivity contribution in [1.29, 1.82) is 0 Å². The molecule has 0 aromatic heterocycles. The largest absolute Gasteiger partial charge is 0.384 e. The van der Waals surface area contributed by atoms with E-state index in [-0.39, 0.29) is 18.1 Å². The average molecular weight is 272 g/mol. The van der Waals surface area contributed by atoms with E-state index in [1.54, 1.807) is 0 Å². The van der Waals surface area contributed by atoms with E-state index in [0.29, 0.717) is 5.91 Å². The van der Waals surface area contributed by atoms with Crippen molar-refractivity contribution >= 4 is 11.6 Å². The van der Waals surface area contributed by atoms with E-state index in [9.17, 15) is 4.79 Å². The van der Waals surface area contributed by atoms with Crippen LogP contribution in [0.2, 0.25) is 0 Å². The van der Waals surface area contributed by atoms with E-state index >= 15 is 0 Å². The molecule has 2 bridgehead atoms. The maximum Gasteiger partial charge on any atom is 0.227 e. The molecule has 0 aliphatic carbocycles. The number of carbonyl (C=O) groups excluding carboxylic acids is 1. The van der Waals surface area contributed by atoms with Gasteiger partial charge >= 0.3 is 0 Å². The topological polar surface area (TPSA) is 41.6 Å². The van der Waals surface area contributed by atoms with E-state index in [1.165, 1.54) is 11.3 Å². The van der Waals surface area contributed by atoms with Gasteiger partial charge in [-0.15, -0.1) is 0 Å². The van der Waals surface area contributed by atoms with Gasteiger partial charge in [0.2, 0.25) is 5.91 Å². The summed E-state index contributed by atoms with van der Waals surface area (Å²) in [5, 5.41) is 3.39. The second-order valence-electron chi connectivity index (χ2n) is 6.14. The lowest BCUT2D eigenvalue weighted by Crippen LogP contribution is -2.50. The molecule has 4 rings (SSSR count). The monoisotopic (exact) mass is 272 g/mol. The van der Waals surface area contributed by atoms with E-state index in [2.05, 4.69) is 17.4 Å². The standard InChI is InChI=1S/C16H20N2O2/c19-16(18-9-13-5-6-14(10-18)20-13)12-7-11-3-1-2-4-15(11)17-8-12/h1-4,12-14,17H,5-10H2. The minimum absolute atomic E-state index is 0.0717. The van der Waals surface area contributed by atoms with Gasteiger partial charge < -0.3 is 15.0 Å². The zero-order chi connectivity index (χ0) is 13.5. The SMILES string of the molecule is O=C(C1CNc2ccccc2C1)N1CC2CCC(C1)O2. The molecule has 1 aromatic carbocycles. The van der Waals surface area contributed by atoms with Crippen LogP contribution in [0.5, 0.6) is 0 Å². The molecule has 4 heteroatoms. The van der Waals surface area contributed by atoms with Gasteiger partial charge in [0.1, 0.15) is 0 Å². The fourth-order valence-electron chi connectivity index (χ4n) is 3.67. The maximum absolute atomic E-state index is 12.7. The summed E-state index contributed by atoms with van der Waals surface area (Å²) in [5.41, 5.74) is 2.44. The molecule has 0 saturated carbocycles. The van der Waals surface area contributed by atoms with Gasteiger partial charge in [-0.25, -0.2) is 0 Å². The number of morpholine rings is 1. The maximum atomic E-state index is 12.7. The zero-order valence-corrected chi connectivity index (χ0v) is 11.5. The van der Waals surface area contributed by atoms with Crippen LogP contribution in [0.4, 0.5) is 5.69 Å². The Kier molecular flexibility index (Phi) is 2.91. The number of rotatable bonds is 1. The fourth-order valence-corrected chi connectivity index (χ4v) is 3.67. The highest BCUT2D eigenvalue weighted by molar-refractivity contribution is 5.81. The lowest BCUT2D eigenvalue weighted by Gasteiger charge is -2.36. The lowest BCUT2D eigenvalue weighted by molar-refractivity contribution is -0.143. The summed E-state index contributed by atoms with van der Waals surface area (Å²) in [5.74, 6) is 0.370. The second-order valence-corrected chi connectivity index (χ2v) is 6.14. The molecule has 2 fully saturated rings. The number of para-hydroxylation sites is 1. The highest BCUT2D eigenvalue weighted by Crippen LogP contribution is 2.29. The zero-order valence-electron chi connectivity index (χ0n) is 11.5. The van der Waals surface area contributed by atoms with E-state index in [4.69, 9.17) is 4.74 Å². The van der Waals surface area contributed by atoms with Crippen LogP contribution >= 0.6 is 0 Å². The second kappa shape index (κ2) is 4.77. The van der Waals surface area contributed by atoms with Crippen molar-refractivity contribution in [3.8, 4) is 0 Å². The first-order valence-electron chi connectivity index (χ1n) is 7.55. The van der Waals surface area contributed by atoms with Crippen molar-refractivity contribution in [3.63, 3.8) is 0 Å². The molecular formula is C16H20N2O2. The first-order valence-corrected chi connectivity index (χ1v) is 7.55. The summed E-state index contributed by atoms with van der Waals surface area (Å²) in [6.45, 7) is 2.32. The molecule has 0 spiro atoms. The van der Waals surface area contributed by atoms with E-state index in [0.717, 1.165) is 38.9 Å². The molecule has 3 aliphatic rings. The van der Waals surface area contributed by atoms with Gasteiger partial charge in [0.05, 0.1) is 18.1 Å². The number of nitrogens with zero attached hydrogens (tertiary/aromatic N) is 1. The number of nitrogens with one attached hydrogen (secondary N) is 1. The first kappa shape index (κ1) is 12.2.